The molecular formula is C23H22ClN3O3S. The van der Waals surface area contributed by atoms with Gasteiger partial charge >= 0.3 is 0 Å². The summed E-state index contributed by atoms with van der Waals surface area (Å²) in [4.78, 5) is 21.9. The second-order valence-electron chi connectivity index (χ2n) is 7.51. The summed E-state index contributed by atoms with van der Waals surface area (Å²) >= 11 is 7.90. The number of fused-ring (bicyclic) bond motifs is 2. The molecule has 0 saturated carbocycles. The summed E-state index contributed by atoms with van der Waals surface area (Å²) in [6.45, 7) is 7.14. The molecule has 31 heavy (non-hydrogen) atoms. The van der Waals surface area contributed by atoms with Gasteiger partial charge in [-0.15, -0.1) is 0 Å². The first-order valence-corrected chi connectivity index (χ1v) is 11.5. The van der Waals surface area contributed by atoms with E-state index in [9.17, 15) is 4.79 Å². The molecule has 0 atom stereocenters. The van der Waals surface area contributed by atoms with Crippen LogP contribution in [-0.2, 0) is 0 Å². The number of benzene rings is 2. The lowest BCUT2D eigenvalue weighted by Crippen LogP contribution is -2.48. The fraction of sp³-hybridized carbons (Fsp3) is 0.304. The summed E-state index contributed by atoms with van der Waals surface area (Å²) in [5, 5.41) is 2.58. The van der Waals surface area contributed by atoms with Crippen LogP contribution in [0.1, 0.15) is 23.0 Å². The first kappa shape index (κ1) is 20.2. The van der Waals surface area contributed by atoms with Gasteiger partial charge in [0.2, 0.25) is 0 Å². The number of ether oxygens (including phenoxy) is 1. The number of carbonyl (C=O) groups is 1. The van der Waals surface area contributed by atoms with E-state index in [1.165, 1.54) is 0 Å². The monoisotopic (exact) mass is 455 g/mol. The van der Waals surface area contributed by atoms with Crippen molar-refractivity contribution in [3.05, 3.63) is 52.7 Å². The number of hydrogen-bond donors (Lipinski definition) is 0. The molecule has 2 aromatic heterocycles. The van der Waals surface area contributed by atoms with Crippen molar-refractivity contribution < 1.29 is 13.9 Å². The molecule has 160 valence electrons. The molecule has 5 rings (SSSR count). The van der Waals surface area contributed by atoms with Gasteiger partial charge in [-0.3, -0.25) is 4.79 Å². The van der Waals surface area contributed by atoms with Gasteiger partial charge in [0.1, 0.15) is 0 Å². The molecule has 0 N–H and O–H groups in total. The van der Waals surface area contributed by atoms with Gasteiger partial charge in [-0.2, -0.15) is 0 Å². The van der Waals surface area contributed by atoms with Crippen molar-refractivity contribution in [2.24, 2.45) is 0 Å². The van der Waals surface area contributed by atoms with Crippen LogP contribution in [0.25, 0.3) is 21.2 Å². The number of aromatic nitrogens is 1. The number of rotatable bonds is 4. The van der Waals surface area contributed by atoms with E-state index in [0.717, 1.165) is 44.4 Å². The van der Waals surface area contributed by atoms with E-state index in [0.29, 0.717) is 36.8 Å². The molecule has 2 aromatic carbocycles. The summed E-state index contributed by atoms with van der Waals surface area (Å²) in [7, 11) is 0. The smallest absolute Gasteiger partial charge is 0.289 e. The highest BCUT2D eigenvalue weighted by Crippen LogP contribution is 2.34. The number of para-hydroxylation sites is 1. The Morgan fingerprint density at radius 3 is 2.81 bits per heavy atom. The van der Waals surface area contributed by atoms with E-state index >= 15 is 0 Å². The lowest BCUT2D eigenvalue weighted by molar-refractivity contribution is 0.0717. The zero-order valence-electron chi connectivity index (χ0n) is 17.4. The third kappa shape index (κ3) is 3.62. The van der Waals surface area contributed by atoms with Gasteiger partial charge in [-0.25, -0.2) is 4.98 Å². The van der Waals surface area contributed by atoms with Crippen LogP contribution in [0.2, 0.25) is 5.02 Å². The van der Waals surface area contributed by atoms with Crippen LogP contribution >= 0.6 is 22.9 Å². The summed E-state index contributed by atoms with van der Waals surface area (Å²) in [5.74, 6) is 0.918. The van der Waals surface area contributed by atoms with Crippen molar-refractivity contribution >= 4 is 55.2 Å². The molecule has 1 saturated heterocycles. The van der Waals surface area contributed by atoms with Gasteiger partial charge in [-0.05, 0) is 43.7 Å². The van der Waals surface area contributed by atoms with E-state index in [1.807, 2.05) is 49.1 Å². The average Bonchev–Trinajstić information content (AvgIpc) is 3.42. The number of amides is 1. The molecule has 3 heterocycles. The quantitative estimate of drug-likeness (QED) is 0.414. The lowest BCUT2D eigenvalue weighted by atomic mass is 10.2. The number of aryl methyl sites for hydroxylation is 1. The number of piperazine rings is 1. The summed E-state index contributed by atoms with van der Waals surface area (Å²) < 4.78 is 12.6. The number of furan rings is 1. The van der Waals surface area contributed by atoms with Crippen LogP contribution in [0, 0.1) is 6.92 Å². The second kappa shape index (κ2) is 8.05. The Kier molecular flexibility index (Phi) is 5.24. The van der Waals surface area contributed by atoms with Gasteiger partial charge in [-0.1, -0.05) is 35.1 Å². The van der Waals surface area contributed by atoms with E-state index < -0.39 is 0 Å². The maximum atomic E-state index is 13.0. The zero-order chi connectivity index (χ0) is 21.5. The van der Waals surface area contributed by atoms with Crippen LogP contribution in [0.5, 0.6) is 5.75 Å². The minimum Gasteiger partial charge on any atom is -0.490 e. The molecule has 0 unspecified atom stereocenters. The third-order valence-corrected chi connectivity index (χ3v) is 7.08. The lowest BCUT2D eigenvalue weighted by Gasteiger charge is -2.34. The van der Waals surface area contributed by atoms with Gasteiger partial charge in [0, 0.05) is 36.6 Å². The SMILES string of the molecule is CCOc1cccc2cc(C(=O)N3CCN(c4nc5c(C)c(Cl)ccc5s4)CC3)oc12. The Bertz CT molecular complexity index is 1270. The highest BCUT2D eigenvalue weighted by Gasteiger charge is 2.26. The van der Waals surface area contributed by atoms with Crippen LogP contribution in [-0.4, -0.2) is 48.6 Å². The van der Waals surface area contributed by atoms with E-state index in [2.05, 4.69) is 4.90 Å². The molecule has 1 amide bonds. The molecule has 4 aromatic rings. The Labute approximate surface area is 189 Å². The summed E-state index contributed by atoms with van der Waals surface area (Å²) in [5.41, 5.74) is 2.58. The molecule has 8 heteroatoms. The Morgan fingerprint density at radius 2 is 2.03 bits per heavy atom. The average molecular weight is 456 g/mol. The fourth-order valence-corrected chi connectivity index (χ4v) is 5.12. The minimum atomic E-state index is -0.0924. The summed E-state index contributed by atoms with van der Waals surface area (Å²) in [6.07, 6.45) is 0. The largest absolute Gasteiger partial charge is 0.490 e. The molecule has 1 aliphatic heterocycles. The van der Waals surface area contributed by atoms with Gasteiger partial charge < -0.3 is 19.0 Å². The van der Waals surface area contributed by atoms with Gasteiger partial charge in [0.05, 0.1) is 16.8 Å². The fourth-order valence-electron chi connectivity index (χ4n) is 3.89. The van der Waals surface area contributed by atoms with Crippen molar-refractivity contribution in [3.63, 3.8) is 0 Å². The topological polar surface area (TPSA) is 58.8 Å². The van der Waals surface area contributed by atoms with E-state index in [-0.39, 0.29) is 5.91 Å². The standard InChI is InChI=1S/C23H22ClN3O3S/c1-3-29-17-6-4-5-15-13-18(30-21(15)17)22(28)26-9-11-27(12-10-26)23-25-20-14(2)16(24)7-8-19(20)31-23/h4-8,13H,3,9-12H2,1-2H3. The minimum absolute atomic E-state index is 0.0924. The van der Waals surface area contributed by atoms with Crippen molar-refractivity contribution in [1.82, 2.24) is 9.88 Å². The summed E-state index contributed by atoms with van der Waals surface area (Å²) in [6, 6.07) is 11.4. The predicted octanol–water partition coefficient (Wildman–Crippen LogP) is 5.37. The predicted molar refractivity (Wildman–Crippen MR) is 125 cm³/mol. The van der Waals surface area contributed by atoms with Crippen LogP contribution in [0.15, 0.2) is 40.8 Å². The number of thiazole rings is 1. The molecule has 0 aliphatic carbocycles. The van der Waals surface area contributed by atoms with E-state index in [4.69, 9.17) is 25.7 Å². The maximum absolute atomic E-state index is 13.0. The number of nitrogens with zero attached hydrogens (tertiary/aromatic N) is 3. The van der Waals surface area contributed by atoms with E-state index in [1.54, 1.807) is 17.4 Å². The highest BCUT2D eigenvalue weighted by atomic mass is 35.5. The maximum Gasteiger partial charge on any atom is 0.289 e. The normalized spacial score (nSPS) is 14.5. The molecule has 0 radical (unpaired) electrons. The van der Waals surface area contributed by atoms with Crippen molar-refractivity contribution in [2.45, 2.75) is 13.8 Å². The highest BCUT2D eigenvalue weighted by molar-refractivity contribution is 7.22. The van der Waals surface area contributed by atoms with Gasteiger partial charge in [0.15, 0.2) is 22.2 Å². The molecule has 1 aliphatic rings. The van der Waals surface area contributed by atoms with Crippen LogP contribution in [0.3, 0.4) is 0 Å². The number of halogens is 1. The van der Waals surface area contributed by atoms with Crippen molar-refractivity contribution in [1.29, 1.82) is 0 Å². The second-order valence-corrected chi connectivity index (χ2v) is 8.93. The molecule has 6 nitrogen and oxygen atoms in total. The molecular weight excluding hydrogens is 434 g/mol. The van der Waals surface area contributed by atoms with Crippen molar-refractivity contribution in [2.75, 3.05) is 37.7 Å². The first-order chi connectivity index (χ1) is 15.0. The van der Waals surface area contributed by atoms with Crippen molar-refractivity contribution in [3.8, 4) is 5.75 Å². The number of carbonyl (C=O) groups excluding carboxylic acids is 1. The Hall–Kier alpha value is -2.77. The molecule has 0 bridgehead atoms. The molecule has 0 spiro atoms. The Balaban J connectivity index is 1.31. The third-order valence-electron chi connectivity index (χ3n) is 5.59. The number of hydrogen-bond acceptors (Lipinski definition) is 6. The first-order valence-electron chi connectivity index (χ1n) is 10.3. The number of anilines is 1. The Morgan fingerprint density at radius 1 is 1.23 bits per heavy atom. The molecule has 1 fully saturated rings. The van der Waals surface area contributed by atoms with Crippen LogP contribution < -0.4 is 9.64 Å². The van der Waals surface area contributed by atoms with Crippen LogP contribution in [0.4, 0.5) is 5.13 Å². The van der Waals surface area contributed by atoms with Gasteiger partial charge in [0.25, 0.3) is 5.91 Å². The zero-order valence-corrected chi connectivity index (χ0v) is 18.9.